The summed E-state index contributed by atoms with van der Waals surface area (Å²) in [6.07, 6.45) is 7.07. The summed E-state index contributed by atoms with van der Waals surface area (Å²) in [6.45, 7) is 10.8. The molecule has 0 aromatic heterocycles. The Hall–Kier alpha value is -0.0800. The monoisotopic (exact) mass is 238 g/mol. The van der Waals surface area contributed by atoms with Crippen LogP contribution in [0.4, 0.5) is 0 Å². The van der Waals surface area contributed by atoms with Crippen molar-refractivity contribution in [2.45, 2.75) is 58.9 Å². The van der Waals surface area contributed by atoms with Gasteiger partial charge in [0, 0.05) is 12.6 Å². The van der Waals surface area contributed by atoms with Gasteiger partial charge in [-0.1, -0.05) is 33.6 Å². The standard InChI is InChI=1S/C15H30N2/c1-12-4-6-13(7-5-12)10-17-14-8-9-16-11-15(14,2)3/h12-14,16-17H,4-11H2,1-3H3. The van der Waals surface area contributed by atoms with Crippen molar-refractivity contribution in [3.05, 3.63) is 0 Å². The molecule has 17 heavy (non-hydrogen) atoms. The van der Waals surface area contributed by atoms with E-state index >= 15 is 0 Å². The van der Waals surface area contributed by atoms with Crippen LogP contribution in [0.1, 0.15) is 52.9 Å². The van der Waals surface area contributed by atoms with Crippen molar-refractivity contribution in [2.75, 3.05) is 19.6 Å². The maximum Gasteiger partial charge on any atom is 0.0142 e. The van der Waals surface area contributed by atoms with Gasteiger partial charge in [0.25, 0.3) is 0 Å². The van der Waals surface area contributed by atoms with Crippen molar-refractivity contribution in [3.63, 3.8) is 0 Å². The summed E-state index contributed by atoms with van der Waals surface area (Å²) in [5.41, 5.74) is 0.417. The zero-order valence-corrected chi connectivity index (χ0v) is 11.9. The zero-order valence-electron chi connectivity index (χ0n) is 11.9. The van der Waals surface area contributed by atoms with Crippen molar-refractivity contribution in [1.29, 1.82) is 0 Å². The topological polar surface area (TPSA) is 24.1 Å². The normalized spacial score (nSPS) is 37.9. The molecule has 100 valence electrons. The van der Waals surface area contributed by atoms with Gasteiger partial charge >= 0.3 is 0 Å². The first-order valence-corrected chi connectivity index (χ1v) is 7.52. The van der Waals surface area contributed by atoms with Crippen LogP contribution in [0.3, 0.4) is 0 Å². The third-order valence-electron chi connectivity index (χ3n) is 4.92. The van der Waals surface area contributed by atoms with E-state index in [0.29, 0.717) is 11.5 Å². The Morgan fingerprint density at radius 1 is 1.12 bits per heavy atom. The highest BCUT2D eigenvalue weighted by atomic mass is 15.0. The van der Waals surface area contributed by atoms with Gasteiger partial charge in [-0.05, 0) is 49.6 Å². The van der Waals surface area contributed by atoms with Crippen LogP contribution in [-0.2, 0) is 0 Å². The lowest BCUT2D eigenvalue weighted by Gasteiger charge is -2.40. The van der Waals surface area contributed by atoms with Crippen LogP contribution in [0.25, 0.3) is 0 Å². The van der Waals surface area contributed by atoms with Gasteiger partial charge in [-0.2, -0.15) is 0 Å². The van der Waals surface area contributed by atoms with Gasteiger partial charge in [-0.15, -0.1) is 0 Å². The van der Waals surface area contributed by atoms with Crippen molar-refractivity contribution in [2.24, 2.45) is 17.3 Å². The number of hydrogen-bond acceptors (Lipinski definition) is 2. The van der Waals surface area contributed by atoms with Crippen molar-refractivity contribution in [1.82, 2.24) is 10.6 Å². The number of rotatable bonds is 3. The Kier molecular flexibility index (Phi) is 4.48. The molecule has 1 aliphatic carbocycles. The maximum atomic E-state index is 3.86. The minimum atomic E-state index is 0.417. The summed E-state index contributed by atoms with van der Waals surface area (Å²) in [5, 5.41) is 7.37. The third kappa shape index (κ3) is 3.69. The summed E-state index contributed by atoms with van der Waals surface area (Å²) < 4.78 is 0. The van der Waals surface area contributed by atoms with E-state index in [-0.39, 0.29) is 0 Å². The smallest absolute Gasteiger partial charge is 0.0142 e. The summed E-state index contributed by atoms with van der Waals surface area (Å²) >= 11 is 0. The lowest BCUT2D eigenvalue weighted by molar-refractivity contribution is 0.170. The van der Waals surface area contributed by atoms with E-state index in [1.165, 1.54) is 45.2 Å². The predicted molar refractivity (Wildman–Crippen MR) is 74.2 cm³/mol. The van der Waals surface area contributed by atoms with Gasteiger partial charge in [-0.3, -0.25) is 0 Å². The molecule has 1 unspecified atom stereocenters. The van der Waals surface area contributed by atoms with Gasteiger partial charge in [0.2, 0.25) is 0 Å². The molecule has 2 rings (SSSR count). The van der Waals surface area contributed by atoms with Gasteiger partial charge in [0.1, 0.15) is 0 Å². The summed E-state index contributed by atoms with van der Waals surface area (Å²) in [4.78, 5) is 0. The fraction of sp³-hybridized carbons (Fsp3) is 1.00. The summed E-state index contributed by atoms with van der Waals surface area (Å²) in [5.74, 6) is 1.92. The maximum absolute atomic E-state index is 3.86. The molecular formula is C15H30N2. The van der Waals surface area contributed by atoms with Gasteiger partial charge in [0.15, 0.2) is 0 Å². The SMILES string of the molecule is CC1CCC(CNC2CCNCC2(C)C)CC1. The number of hydrogen-bond donors (Lipinski definition) is 2. The molecule has 0 spiro atoms. The van der Waals surface area contributed by atoms with Crippen molar-refractivity contribution < 1.29 is 0 Å². The number of piperidine rings is 1. The van der Waals surface area contributed by atoms with Crippen LogP contribution in [-0.4, -0.2) is 25.7 Å². The first-order valence-electron chi connectivity index (χ1n) is 7.52. The van der Waals surface area contributed by atoms with Gasteiger partial charge < -0.3 is 10.6 Å². The van der Waals surface area contributed by atoms with E-state index in [9.17, 15) is 0 Å². The molecular weight excluding hydrogens is 208 g/mol. The highest BCUT2D eigenvalue weighted by molar-refractivity contribution is 4.90. The molecule has 0 amide bonds. The van der Waals surface area contributed by atoms with Gasteiger partial charge in [0.05, 0.1) is 0 Å². The minimum Gasteiger partial charge on any atom is -0.316 e. The molecule has 1 heterocycles. The average Bonchev–Trinajstić information content (AvgIpc) is 2.29. The largest absolute Gasteiger partial charge is 0.316 e. The van der Waals surface area contributed by atoms with E-state index < -0.39 is 0 Å². The fourth-order valence-electron chi connectivity index (χ4n) is 3.39. The highest BCUT2D eigenvalue weighted by Gasteiger charge is 2.32. The van der Waals surface area contributed by atoms with Crippen LogP contribution in [0, 0.1) is 17.3 Å². The minimum absolute atomic E-state index is 0.417. The van der Waals surface area contributed by atoms with E-state index in [4.69, 9.17) is 0 Å². The zero-order chi connectivity index (χ0) is 12.3. The summed E-state index contributed by atoms with van der Waals surface area (Å²) in [7, 11) is 0. The molecule has 2 heteroatoms. The molecule has 1 aliphatic heterocycles. The molecule has 2 aliphatic rings. The lowest BCUT2D eigenvalue weighted by Crippen LogP contribution is -2.53. The fourth-order valence-corrected chi connectivity index (χ4v) is 3.39. The Balaban J connectivity index is 1.73. The van der Waals surface area contributed by atoms with Crippen LogP contribution in [0.2, 0.25) is 0 Å². The first-order chi connectivity index (χ1) is 8.08. The third-order valence-corrected chi connectivity index (χ3v) is 4.92. The van der Waals surface area contributed by atoms with E-state index in [1.54, 1.807) is 0 Å². The molecule has 0 aromatic rings. The average molecular weight is 238 g/mol. The van der Waals surface area contributed by atoms with Crippen LogP contribution < -0.4 is 10.6 Å². The quantitative estimate of drug-likeness (QED) is 0.790. The van der Waals surface area contributed by atoms with Crippen molar-refractivity contribution in [3.8, 4) is 0 Å². The van der Waals surface area contributed by atoms with Crippen LogP contribution in [0.5, 0.6) is 0 Å². The van der Waals surface area contributed by atoms with E-state index in [1.807, 2.05) is 0 Å². The molecule has 0 aromatic carbocycles. The van der Waals surface area contributed by atoms with E-state index in [0.717, 1.165) is 18.4 Å². The Bertz CT molecular complexity index is 229. The molecule has 2 fully saturated rings. The second-order valence-corrected chi connectivity index (χ2v) is 7.04. The molecule has 2 N–H and O–H groups in total. The molecule has 0 bridgehead atoms. The van der Waals surface area contributed by atoms with Crippen LogP contribution >= 0.6 is 0 Å². The highest BCUT2D eigenvalue weighted by Crippen LogP contribution is 2.29. The number of nitrogens with one attached hydrogen (secondary N) is 2. The molecule has 1 saturated carbocycles. The second kappa shape index (κ2) is 5.71. The van der Waals surface area contributed by atoms with Crippen molar-refractivity contribution >= 4 is 0 Å². The van der Waals surface area contributed by atoms with Crippen LogP contribution in [0.15, 0.2) is 0 Å². The Morgan fingerprint density at radius 3 is 2.47 bits per heavy atom. The molecule has 0 radical (unpaired) electrons. The summed E-state index contributed by atoms with van der Waals surface area (Å²) in [6, 6.07) is 0.711. The first kappa shape index (κ1) is 13.4. The van der Waals surface area contributed by atoms with Gasteiger partial charge in [-0.25, -0.2) is 0 Å². The van der Waals surface area contributed by atoms with E-state index in [2.05, 4.69) is 31.4 Å². The molecule has 1 saturated heterocycles. The molecule has 1 atom stereocenters. The predicted octanol–water partition coefficient (Wildman–Crippen LogP) is 2.79. The second-order valence-electron chi connectivity index (χ2n) is 7.04. The molecule has 2 nitrogen and oxygen atoms in total. The Labute approximate surface area is 107 Å². The Morgan fingerprint density at radius 2 is 1.82 bits per heavy atom. The lowest BCUT2D eigenvalue weighted by atomic mass is 9.79.